The van der Waals surface area contributed by atoms with Gasteiger partial charge >= 0.3 is 5.97 Å². The Morgan fingerprint density at radius 1 is 1.50 bits per heavy atom. The molecule has 0 unspecified atom stereocenters. The van der Waals surface area contributed by atoms with Gasteiger partial charge in [-0.2, -0.15) is 0 Å². The van der Waals surface area contributed by atoms with Crippen molar-refractivity contribution in [1.29, 1.82) is 0 Å². The molecule has 0 N–H and O–H groups in total. The lowest BCUT2D eigenvalue weighted by atomic mass is 10.2. The molecule has 1 aliphatic rings. The summed E-state index contributed by atoms with van der Waals surface area (Å²) in [5, 5.41) is 1.55. The first-order chi connectivity index (χ1) is 6.44. The molecule has 80 valence electrons. The van der Waals surface area contributed by atoms with Crippen molar-refractivity contribution in [3.05, 3.63) is 11.8 Å². The molecule has 0 atom stereocenters. The number of hydroxylamine groups is 2. The van der Waals surface area contributed by atoms with Gasteiger partial charge in [0.2, 0.25) is 0 Å². The smallest absolute Gasteiger partial charge is 0.357 e. The van der Waals surface area contributed by atoms with Crippen LogP contribution in [0.15, 0.2) is 11.8 Å². The Hall–Kier alpha value is -1.03. The van der Waals surface area contributed by atoms with Crippen molar-refractivity contribution in [2.75, 3.05) is 13.7 Å². The van der Waals surface area contributed by atoms with Crippen LogP contribution in [0.25, 0.3) is 0 Å². The summed E-state index contributed by atoms with van der Waals surface area (Å²) >= 11 is 0. The van der Waals surface area contributed by atoms with E-state index in [9.17, 15) is 4.79 Å². The van der Waals surface area contributed by atoms with E-state index in [1.54, 1.807) is 12.2 Å². The van der Waals surface area contributed by atoms with E-state index in [0.717, 1.165) is 6.42 Å². The van der Waals surface area contributed by atoms with Crippen LogP contribution in [0.5, 0.6) is 0 Å². The lowest BCUT2D eigenvalue weighted by Gasteiger charge is -2.23. The molecule has 4 nitrogen and oxygen atoms in total. The summed E-state index contributed by atoms with van der Waals surface area (Å²) in [7, 11) is 1.55. The number of carbonyl (C=O) groups excluding carboxylic acids is 1. The van der Waals surface area contributed by atoms with Crippen molar-refractivity contribution < 1.29 is 14.4 Å². The van der Waals surface area contributed by atoms with Crippen molar-refractivity contribution >= 4 is 5.97 Å². The van der Waals surface area contributed by atoms with E-state index >= 15 is 0 Å². The molecule has 0 bridgehead atoms. The van der Waals surface area contributed by atoms with E-state index < -0.39 is 5.60 Å². The fourth-order valence-corrected chi connectivity index (χ4v) is 1.25. The largest absolute Gasteiger partial charge is 0.455 e. The summed E-state index contributed by atoms with van der Waals surface area (Å²) in [5.41, 5.74) is 0.0438. The highest BCUT2D eigenvalue weighted by molar-refractivity contribution is 5.88. The van der Waals surface area contributed by atoms with Crippen molar-refractivity contribution in [3.63, 3.8) is 0 Å². The molecule has 0 aromatic rings. The van der Waals surface area contributed by atoms with Gasteiger partial charge < -0.3 is 4.74 Å². The van der Waals surface area contributed by atoms with E-state index in [4.69, 9.17) is 9.57 Å². The summed E-state index contributed by atoms with van der Waals surface area (Å²) in [6.07, 6.45) is 2.65. The summed E-state index contributed by atoms with van der Waals surface area (Å²) in [4.78, 5) is 16.6. The minimum absolute atomic E-state index is 0.322. The highest BCUT2D eigenvalue weighted by atomic mass is 16.7. The highest BCUT2D eigenvalue weighted by Crippen LogP contribution is 2.19. The second-order valence-electron chi connectivity index (χ2n) is 4.16. The predicted octanol–water partition coefficient (Wildman–Crippen LogP) is 1.48. The average molecular weight is 199 g/mol. The number of nitrogens with zero attached hydrogens (tertiary/aromatic N) is 1. The van der Waals surface area contributed by atoms with E-state index in [2.05, 4.69) is 0 Å². The zero-order valence-corrected chi connectivity index (χ0v) is 9.16. The third kappa shape index (κ3) is 2.73. The molecule has 1 heterocycles. The molecular weight excluding hydrogens is 182 g/mol. The first-order valence-electron chi connectivity index (χ1n) is 4.69. The van der Waals surface area contributed by atoms with Crippen LogP contribution in [-0.4, -0.2) is 30.3 Å². The third-order valence-corrected chi connectivity index (χ3v) is 1.77. The van der Waals surface area contributed by atoms with Crippen molar-refractivity contribution in [2.24, 2.45) is 0 Å². The monoisotopic (exact) mass is 199 g/mol. The fourth-order valence-electron chi connectivity index (χ4n) is 1.25. The second kappa shape index (κ2) is 4.00. The molecule has 1 aliphatic heterocycles. The maximum Gasteiger partial charge on any atom is 0.357 e. The lowest BCUT2D eigenvalue weighted by Crippen LogP contribution is -2.30. The Kier molecular flexibility index (Phi) is 3.16. The Morgan fingerprint density at radius 3 is 2.64 bits per heavy atom. The topological polar surface area (TPSA) is 38.8 Å². The predicted molar refractivity (Wildman–Crippen MR) is 52.3 cm³/mol. The summed E-state index contributed by atoms with van der Waals surface area (Å²) in [6.45, 7) is 6.25. The molecule has 0 saturated carbocycles. The Morgan fingerprint density at radius 2 is 2.14 bits per heavy atom. The molecule has 0 spiro atoms. The number of ether oxygens (including phenoxy) is 1. The number of esters is 1. The second-order valence-corrected chi connectivity index (χ2v) is 4.16. The quantitative estimate of drug-likeness (QED) is 0.631. The van der Waals surface area contributed by atoms with Crippen molar-refractivity contribution in [3.8, 4) is 0 Å². The van der Waals surface area contributed by atoms with Gasteiger partial charge in [0.25, 0.3) is 0 Å². The molecule has 0 fully saturated rings. The van der Waals surface area contributed by atoms with Gasteiger partial charge in [0.1, 0.15) is 11.3 Å². The summed E-state index contributed by atoms with van der Waals surface area (Å²) in [6, 6.07) is 0. The zero-order chi connectivity index (χ0) is 10.8. The average Bonchev–Trinajstić information content (AvgIpc) is 2.47. The van der Waals surface area contributed by atoms with Crippen LogP contribution < -0.4 is 0 Å². The minimum Gasteiger partial charge on any atom is -0.455 e. The van der Waals surface area contributed by atoms with Gasteiger partial charge in [-0.15, -0.1) is 0 Å². The first-order valence-corrected chi connectivity index (χ1v) is 4.69. The molecule has 0 aliphatic carbocycles. The molecule has 4 heteroatoms. The molecule has 0 radical (unpaired) electrons. The normalized spacial score (nSPS) is 16.9. The van der Waals surface area contributed by atoms with Gasteiger partial charge in [-0.25, -0.2) is 9.86 Å². The van der Waals surface area contributed by atoms with Gasteiger partial charge in [0.15, 0.2) is 0 Å². The maximum atomic E-state index is 11.6. The van der Waals surface area contributed by atoms with E-state index in [1.165, 1.54) is 0 Å². The Balaban J connectivity index is 2.61. The first kappa shape index (κ1) is 11.0. The summed E-state index contributed by atoms with van der Waals surface area (Å²) < 4.78 is 5.22. The SMILES string of the molecule is CON1CCC=C1C(=O)OC(C)(C)C. The zero-order valence-electron chi connectivity index (χ0n) is 9.16. The van der Waals surface area contributed by atoms with Crippen LogP contribution in [0.4, 0.5) is 0 Å². The van der Waals surface area contributed by atoms with Gasteiger partial charge in [-0.3, -0.25) is 4.84 Å². The number of hydrogen-bond acceptors (Lipinski definition) is 4. The molecule has 1 rings (SSSR count). The Bertz CT molecular complexity index is 253. The molecule has 0 aromatic carbocycles. The van der Waals surface area contributed by atoms with Crippen LogP contribution in [0.1, 0.15) is 27.2 Å². The van der Waals surface area contributed by atoms with Crippen molar-refractivity contribution in [1.82, 2.24) is 5.06 Å². The number of rotatable bonds is 2. The molecule has 0 saturated heterocycles. The number of carbonyl (C=O) groups is 1. The van der Waals surface area contributed by atoms with E-state index in [1.807, 2.05) is 26.8 Å². The van der Waals surface area contributed by atoms with Crippen LogP contribution in [0, 0.1) is 0 Å². The summed E-state index contributed by atoms with van der Waals surface area (Å²) in [5.74, 6) is -0.322. The van der Waals surface area contributed by atoms with E-state index in [-0.39, 0.29) is 5.97 Å². The molecule has 0 aromatic heterocycles. The fraction of sp³-hybridized carbons (Fsp3) is 0.700. The molecule has 0 amide bonds. The van der Waals surface area contributed by atoms with Crippen LogP contribution >= 0.6 is 0 Å². The lowest BCUT2D eigenvalue weighted by molar-refractivity contribution is -0.161. The minimum atomic E-state index is -0.458. The van der Waals surface area contributed by atoms with Crippen LogP contribution in [-0.2, 0) is 14.4 Å². The standard InChI is InChI=1S/C10H17NO3/c1-10(2,3)14-9(12)8-6-5-7-11(8)13-4/h6H,5,7H2,1-4H3. The van der Waals surface area contributed by atoms with Gasteiger partial charge in [-0.1, -0.05) is 0 Å². The van der Waals surface area contributed by atoms with Gasteiger partial charge in [-0.05, 0) is 33.3 Å². The highest BCUT2D eigenvalue weighted by Gasteiger charge is 2.26. The van der Waals surface area contributed by atoms with Crippen LogP contribution in [0.2, 0.25) is 0 Å². The van der Waals surface area contributed by atoms with Crippen molar-refractivity contribution in [2.45, 2.75) is 32.8 Å². The van der Waals surface area contributed by atoms with Gasteiger partial charge in [0.05, 0.1) is 7.11 Å². The molecule has 14 heavy (non-hydrogen) atoms. The maximum absolute atomic E-state index is 11.6. The van der Waals surface area contributed by atoms with Crippen LogP contribution in [0.3, 0.4) is 0 Å². The Labute approximate surface area is 84.4 Å². The van der Waals surface area contributed by atoms with E-state index in [0.29, 0.717) is 12.2 Å². The van der Waals surface area contributed by atoms with Gasteiger partial charge in [0, 0.05) is 6.54 Å². The third-order valence-electron chi connectivity index (χ3n) is 1.77. The molecular formula is C10H17NO3. The number of hydrogen-bond donors (Lipinski definition) is 0.